The highest BCUT2D eigenvalue weighted by Crippen LogP contribution is 2.86. The fraction of sp³-hybridized carbons (Fsp3) is 0.783. The number of rotatable bonds is 1. The van der Waals surface area contributed by atoms with Crippen molar-refractivity contribution >= 4 is 5.78 Å². The van der Waals surface area contributed by atoms with Crippen molar-refractivity contribution < 1.29 is 19.7 Å². The molecule has 4 aliphatic rings. The van der Waals surface area contributed by atoms with Gasteiger partial charge in [0, 0.05) is 22.7 Å². The van der Waals surface area contributed by atoms with Gasteiger partial charge in [-0.1, -0.05) is 52.3 Å². The molecule has 3 fully saturated rings. The van der Waals surface area contributed by atoms with Gasteiger partial charge in [-0.25, -0.2) is 0 Å². The number of ketones is 1. The second-order valence-corrected chi connectivity index (χ2v) is 11.2. The minimum atomic E-state index is -1.43. The third kappa shape index (κ3) is 1.50. The first-order valence-corrected chi connectivity index (χ1v) is 10.3. The van der Waals surface area contributed by atoms with Gasteiger partial charge in [0.15, 0.2) is 0 Å². The Balaban J connectivity index is 2.08. The molecule has 156 valence electrons. The molecule has 1 saturated heterocycles. The Bertz CT molecular complexity index is 830. The van der Waals surface area contributed by atoms with E-state index >= 15 is 0 Å². The molecule has 3 aliphatic carbocycles. The van der Waals surface area contributed by atoms with Crippen LogP contribution in [0.25, 0.3) is 0 Å². The number of aliphatic hydroxyl groups excluding tert-OH is 1. The Kier molecular flexibility index (Phi) is 3.49. The third-order valence-corrected chi connectivity index (χ3v) is 9.51. The number of hydrogen-bond acceptors (Lipinski definition) is 5. The molecule has 0 aromatic rings. The van der Waals surface area contributed by atoms with Gasteiger partial charge in [-0.3, -0.25) is 4.79 Å². The minimum Gasteiger partial charge on any atom is -0.390 e. The van der Waals surface area contributed by atoms with Gasteiger partial charge < -0.3 is 20.7 Å². The van der Waals surface area contributed by atoms with Gasteiger partial charge in [-0.2, -0.15) is 0 Å². The number of ether oxygens (including phenoxy) is 1. The highest BCUT2D eigenvalue weighted by atomic mass is 16.5. The van der Waals surface area contributed by atoms with Crippen molar-refractivity contribution in [2.75, 3.05) is 0 Å². The summed E-state index contributed by atoms with van der Waals surface area (Å²) < 4.78 is 6.65. The molecule has 0 amide bonds. The van der Waals surface area contributed by atoms with Gasteiger partial charge in [0.25, 0.3) is 0 Å². The van der Waals surface area contributed by atoms with E-state index in [2.05, 4.69) is 12.7 Å². The largest absolute Gasteiger partial charge is 0.390 e. The maximum absolute atomic E-state index is 14.0. The molecule has 5 heteroatoms. The van der Waals surface area contributed by atoms with E-state index in [0.717, 1.165) is 5.57 Å². The van der Waals surface area contributed by atoms with Gasteiger partial charge in [0.2, 0.25) is 0 Å². The van der Waals surface area contributed by atoms with Crippen LogP contribution in [0.3, 0.4) is 0 Å². The third-order valence-electron chi connectivity index (χ3n) is 9.51. The van der Waals surface area contributed by atoms with Crippen molar-refractivity contribution in [2.45, 2.75) is 90.3 Å². The lowest BCUT2D eigenvalue weighted by Gasteiger charge is -2.87. The summed E-state index contributed by atoms with van der Waals surface area (Å²) in [5.74, 6) is 0.0887. The van der Waals surface area contributed by atoms with Crippen LogP contribution in [0.1, 0.15) is 61.3 Å². The van der Waals surface area contributed by atoms with E-state index in [1.165, 1.54) is 0 Å². The van der Waals surface area contributed by atoms with Crippen LogP contribution in [0.5, 0.6) is 0 Å². The predicted octanol–water partition coefficient (Wildman–Crippen LogP) is 2.50. The van der Waals surface area contributed by atoms with Crippen LogP contribution in [0.2, 0.25) is 0 Å². The average molecular weight is 390 g/mol. The molecule has 4 rings (SSSR count). The number of nitrogens with two attached hydrogens (primary N) is 1. The molecule has 28 heavy (non-hydrogen) atoms. The van der Waals surface area contributed by atoms with Crippen molar-refractivity contribution in [3.8, 4) is 0 Å². The summed E-state index contributed by atoms with van der Waals surface area (Å²) in [6.45, 7) is 17.5. The van der Waals surface area contributed by atoms with Crippen molar-refractivity contribution in [1.29, 1.82) is 0 Å². The second kappa shape index (κ2) is 4.83. The van der Waals surface area contributed by atoms with Crippen molar-refractivity contribution in [3.63, 3.8) is 0 Å². The summed E-state index contributed by atoms with van der Waals surface area (Å²) in [5.41, 5.74) is 1.09. The fourth-order valence-corrected chi connectivity index (χ4v) is 8.66. The van der Waals surface area contributed by atoms with Crippen LogP contribution in [0, 0.1) is 21.7 Å². The number of carbonyl (C=O) groups excluding carboxylic acids is 1. The summed E-state index contributed by atoms with van der Waals surface area (Å²) >= 11 is 0. The summed E-state index contributed by atoms with van der Waals surface area (Å²) in [5, 5.41) is 23.1. The average Bonchev–Trinajstić information content (AvgIpc) is 2.56. The Morgan fingerprint density at radius 3 is 2.32 bits per heavy atom. The maximum Gasteiger partial charge on any atom is 0.146 e. The maximum atomic E-state index is 14.0. The first-order chi connectivity index (χ1) is 12.6. The molecule has 2 saturated carbocycles. The molecule has 4 N–H and O–H groups in total. The molecule has 3 unspecified atom stereocenters. The smallest absolute Gasteiger partial charge is 0.146 e. The monoisotopic (exact) mass is 389 g/mol. The normalized spacial score (nSPS) is 56.1. The summed E-state index contributed by atoms with van der Waals surface area (Å²) in [4.78, 5) is 14.0. The molecular formula is C23H35NO4. The van der Waals surface area contributed by atoms with E-state index in [-0.39, 0.29) is 12.2 Å². The Hall–Kier alpha value is -1.01. The van der Waals surface area contributed by atoms with E-state index < -0.39 is 50.6 Å². The van der Waals surface area contributed by atoms with Crippen LogP contribution in [0.15, 0.2) is 24.3 Å². The minimum absolute atomic E-state index is 0.0887. The topological polar surface area (TPSA) is 92.8 Å². The van der Waals surface area contributed by atoms with Gasteiger partial charge in [0.1, 0.15) is 5.78 Å². The standard InChI is InChI=1S/C23H35NO4/c1-9-19(6)12-14(25)22-18(4,5)23(27)15(24)16(26)17(2,3)13(21(22,23)8)10-11-20(22,7)28-19/h9-10,15-16,26-27H,1,11-12,24H2,2-8H3/t15?,16?,19-,20+,21-,22+,23?/m0/s1. The Morgan fingerprint density at radius 2 is 1.79 bits per heavy atom. The van der Waals surface area contributed by atoms with Crippen molar-refractivity contribution in [1.82, 2.24) is 0 Å². The van der Waals surface area contributed by atoms with E-state index in [0.29, 0.717) is 6.42 Å². The van der Waals surface area contributed by atoms with Gasteiger partial charge in [-0.15, -0.1) is 6.58 Å². The zero-order valence-electron chi connectivity index (χ0n) is 18.2. The van der Waals surface area contributed by atoms with Crippen LogP contribution >= 0.6 is 0 Å². The summed E-state index contributed by atoms with van der Waals surface area (Å²) in [6.07, 6.45) is 3.64. The molecule has 0 aromatic carbocycles. The lowest BCUT2D eigenvalue weighted by atomic mass is 9.18. The van der Waals surface area contributed by atoms with Gasteiger partial charge >= 0.3 is 0 Å². The van der Waals surface area contributed by atoms with Crippen molar-refractivity contribution in [3.05, 3.63) is 24.3 Å². The van der Waals surface area contributed by atoms with E-state index in [1.54, 1.807) is 6.08 Å². The molecule has 0 bridgehead atoms. The quantitative estimate of drug-likeness (QED) is 0.599. The molecule has 5 nitrogen and oxygen atoms in total. The number of aliphatic hydroxyl groups is 2. The fourth-order valence-electron chi connectivity index (χ4n) is 8.66. The highest BCUT2D eigenvalue weighted by molar-refractivity contribution is 5.94. The molecule has 1 aliphatic heterocycles. The van der Waals surface area contributed by atoms with Crippen LogP contribution < -0.4 is 5.73 Å². The Labute approximate surface area is 168 Å². The molecule has 1 heterocycles. The van der Waals surface area contributed by atoms with E-state index in [9.17, 15) is 15.0 Å². The second-order valence-electron chi connectivity index (χ2n) is 11.2. The zero-order chi connectivity index (χ0) is 21.3. The van der Waals surface area contributed by atoms with Crippen molar-refractivity contribution in [2.24, 2.45) is 27.4 Å². The van der Waals surface area contributed by atoms with Crippen LogP contribution in [-0.4, -0.2) is 44.9 Å². The molecule has 1 spiro atoms. The van der Waals surface area contributed by atoms with Crippen LogP contribution in [0.4, 0.5) is 0 Å². The first-order valence-electron chi connectivity index (χ1n) is 10.3. The molecule has 7 atom stereocenters. The first kappa shape index (κ1) is 20.3. The Morgan fingerprint density at radius 1 is 1.21 bits per heavy atom. The van der Waals surface area contributed by atoms with E-state index in [1.807, 2.05) is 48.5 Å². The predicted molar refractivity (Wildman–Crippen MR) is 107 cm³/mol. The van der Waals surface area contributed by atoms with Crippen LogP contribution in [-0.2, 0) is 9.53 Å². The summed E-state index contributed by atoms with van der Waals surface area (Å²) in [7, 11) is 0. The van der Waals surface area contributed by atoms with Gasteiger partial charge in [0.05, 0.1) is 34.4 Å². The SMILES string of the molecule is C=C[C@@]1(C)CC(=O)[C@@]23C(C)(C)C4(O)C(N)C(O)C(C)(C)C(=CC[C@@]2(C)O1)[C@]43C. The highest BCUT2D eigenvalue weighted by Gasteiger charge is 2.94. The molecular weight excluding hydrogens is 354 g/mol. The summed E-state index contributed by atoms with van der Waals surface area (Å²) in [6, 6.07) is -0.867. The lowest BCUT2D eigenvalue weighted by molar-refractivity contribution is -0.418. The van der Waals surface area contributed by atoms with E-state index in [4.69, 9.17) is 10.5 Å². The number of carbonyl (C=O) groups is 1. The lowest BCUT2D eigenvalue weighted by Crippen LogP contribution is -2.97. The zero-order valence-corrected chi connectivity index (χ0v) is 18.2. The van der Waals surface area contributed by atoms with Gasteiger partial charge in [-0.05, 0) is 20.3 Å². The number of hydrogen-bond donors (Lipinski definition) is 3. The molecule has 0 radical (unpaired) electrons. The number of Topliss-reactive ketones (excluding diaryl/α,β-unsaturated/α-hetero) is 1. The molecule has 0 aromatic heterocycles.